The standard InChI is InChI=1S/C15H25NO4S/c1-12(2)16-11-13-7-5-8-14(19-3)15(13)20-9-6-10-21(4,17)18/h5,7-8,12,16H,6,9-11H2,1-4H3. The van der Waals surface area contributed by atoms with E-state index in [1.807, 2.05) is 18.2 Å². The lowest BCUT2D eigenvalue weighted by molar-refractivity contribution is 0.290. The first kappa shape index (κ1) is 17.8. The van der Waals surface area contributed by atoms with Crippen molar-refractivity contribution in [3.8, 4) is 11.5 Å². The van der Waals surface area contributed by atoms with Gasteiger partial charge in [0.1, 0.15) is 9.84 Å². The molecule has 0 bridgehead atoms. The van der Waals surface area contributed by atoms with Gasteiger partial charge in [0.25, 0.3) is 0 Å². The van der Waals surface area contributed by atoms with E-state index in [9.17, 15) is 8.42 Å². The van der Waals surface area contributed by atoms with Crippen LogP contribution < -0.4 is 14.8 Å². The fourth-order valence-electron chi connectivity index (χ4n) is 1.83. The van der Waals surface area contributed by atoms with Gasteiger partial charge in [-0.3, -0.25) is 0 Å². The lowest BCUT2D eigenvalue weighted by atomic mass is 10.1. The van der Waals surface area contributed by atoms with Crippen LogP contribution >= 0.6 is 0 Å². The molecule has 0 fully saturated rings. The van der Waals surface area contributed by atoms with E-state index in [0.717, 1.165) is 5.56 Å². The highest BCUT2D eigenvalue weighted by Gasteiger charge is 2.11. The topological polar surface area (TPSA) is 64.6 Å². The lowest BCUT2D eigenvalue weighted by Gasteiger charge is -2.16. The van der Waals surface area contributed by atoms with Crippen molar-refractivity contribution in [2.24, 2.45) is 0 Å². The van der Waals surface area contributed by atoms with Crippen molar-refractivity contribution < 1.29 is 17.9 Å². The van der Waals surface area contributed by atoms with Gasteiger partial charge in [0, 0.05) is 24.4 Å². The molecule has 0 aliphatic heterocycles. The Hall–Kier alpha value is -1.27. The van der Waals surface area contributed by atoms with Crippen LogP contribution in [0.5, 0.6) is 11.5 Å². The highest BCUT2D eigenvalue weighted by molar-refractivity contribution is 7.90. The molecule has 0 saturated heterocycles. The van der Waals surface area contributed by atoms with E-state index in [-0.39, 0.29) is 5.75 Å². The number of rotatable bonds is 9. The summed E-state index contributed by atoms with van der Waals surface area (Å²) in [6.45, 7) is 5.18. The van der Waals surface area contributed by atoms with Crippen LogP contribution in [-0.2, 0) is 16.4 Å². The smallest absolute Gasteiger partial charge is 0.165 e. The molecule has 0 radical (unpaired) electrons. The van der Waals surface area contributed by atoms with Gasteiger partial charge in [0.05, 0.1) is 19.5 Å². The monoisotopic (exact) mass is 315 g/mol. The number of sulfone groups is 1. The Morgan fingerprint density at radius 1 is 1.29 bits per heavy atom. The van der Waals surface area contributed by atoms with Gasteiger partial charge in [-0.15, -0.1) is 0 Å². The van der Waals surface area contributed by atoms with E-state index >= 15 is 0 Å². The Labute approximate surface area is 127 Å². The highest BCUT2D eigenvalue weighted by Crippen LogP contribution is 2.31. The van der Waals surface area contributed by atoms with Gasteiger partial charge >= 0.3 is 0 Å². The number of para-hydroxylation sites is 1. The second-order valence-electron chi connectivity index (χ2n) is 5.32. The quantitative estimate of drug-likeness (QED) is 0.706. The number of benzene rings is 1. The van der Waals surface area contributed by atoms with Crippen LogP contribution in [0.25, 0.3) is 0 Å². The molecule has 1 N–H and O–H groups in total. The first-order chi connectivity index (χ1) is 9.83. The van der Waals surface area contributed by atoms with Gasteiger partial charge < -0.3 is 14.8 Å². The zero-order valence-corrected chi connectivity index (χ0v) is 14.0. The maximum atomic E-state index is 11.1. The van der Waals surface area contributed by atoms with E-state index in [1.165, 1.54) is 6.26 Å². The summed E-state index contributed by atoms with van der Waals surface area (Å²) in [6.07, 6.45) is 1.70. The minimum atomic E-state index is -2.95. The van der Waals surface area contributed by atoms with Gasteiger partial charge in [0.2, 0.25) is 0 Å². The molecule has 0 aliphatic rings. The Bertz CT molecular complexity index is 541. The molecule has 6 heteroatoms. The number of hydrogen-bond acceptors (Lipinski definition) is 5. The summed E-state index contributed by atoms with van der Waals surface area (Å²) in [5.74, 6) is 1.47. The van der Waals surface area contributed by atoms with Crippen molar-refractivity contribution in [2.45, 2.75) is 32.9 Å². The fraction of sp³-hybridized carbons (Fsp3) is 0.600. The minimum absolute atomic E-state index is 0.127. The number of ether oxygens (including phenoxy) is 2. The highest BCUT2D eigenvalue weighted by atomic mass is 32.2. The maximum absolute atomic E-state index is 11.1. The van der Waals surface area contributed by atoms with Crippen LogP contribution in [0.2, 0.25) is 0 Å². The molecule has 0 heterocycles. The largest absolute Gasteiger partial charge is 0.493 e. The molecule has 1 aromatic carbocycles. The summed E-state index contributed by atoms with van der Waals surface area (Å²) in [7, 11) is -1.35. The van der Waals surface area contributed by atoms with E-state index in [4.69, 9.17) is 9.47 Å². The van der Waals surface area contributed by atoms with Crippen molar-refractivity contribution in [3.05, 3.63) is 23.8 Å². The molecule has 21 heavy (non-hydrogen) atoms. The molecule has 120 valence electrons. The first-order valence-corrected chi connectivity index (χ1v) is 9.09. The Morgan fingerprint density at radius 3 is 2.57 bits per heavy atom. The zero-order chi connectivity index (χ0) is 15.9. The van der Waals surface area contributed by atoms with Crippen molar-refractivity contribution >= 4 is 9.84 Å². The predicted octanol–water partition coefficient (Wildman–Crippen LogP) is 2.01. The van der Waals surface area contributed by atoms with Crippen LogP contribution in [0.3, 0.4) is 0 Å². The van der Waals surface area contributed by atoms with Crippen molar-refractivity contribution in [3.63, 3.8) is 0 Å². The molecular formula is C15H25NO4S. The second kappa shape index (κ2) is 8.24. The van der Waals surface area contributed by atoms with Crippen molar-refractivity contribution in [1.82, 2.24) is 5.32 Å². The van der Waals surface area contributed by atoms with Gasteiger partial charge in [-0.25, -0.2) is 8.42 Å². The molecule has 0 spiro atoms. The molecule has 1 aromatic rings. The molecule has 0 unspecified atom stereocenters. The third kappa shape index (κ3) is 6.82. The van der Waals surface area contributed by atoms with Crippen molar-refractivity contribution in [1.29, 1.82) is 0 Å². The second-order valence-corrected chi connectivity index (χ2v) is 7.58. The molecule has 0 atom stereocenters. The molecule has 5 nitrogen and oxygen atoms in total. The van der Waals surface area contributed by atoms with Crippen LogP contribution in [0.15, 0.2) is 18.2 Å². The van der Waals surface area contributed by atoms with Crippen LogP contribution in [0.4, 0.5) is 0 Å². The van der Waals surface area contributed by atoms with Crippen LogP contribution in [0, 0.1) is 0 Å². The maximum Gasteiger partial charge on any atom is 0.165 e. The number of methoxy groups -OCH3 is 1. The number of nitrogens with one attached hydrogen (secondary N) is 1. The van der Waals surface area contributed by atoms with E-state index in [1.54, 1.807) is 7.11 Å². The first-order valence-electron chi connectivity index (χ1n) is 7.03. The van der Waals surface area contributed by atoms with E-state index in [0.29, 0.717) is 37.1 Å². The molecule has 0 amide bonds. The van der Waals surface area contributed by atoms with Crippen LogP contribution in [-0.4, -0.2) is 40.2 Å². The molecule has 0 saturated carbocycles. The van der Waals surface area contributed by atoms with Crippen LogP contribution in [0.1, 0.15) is 25.8 Å². The van der Waals surface area contributed by atoms with Gasteiger partial charge in [-0.2, -0.15) is 0 Å². The minimum Gasteiger partial charge on any atom is -0.493 e. The third-order valence-corrected chi connectivity index (χ3v) is 3.92. The molecular weight excluding hydrogens is 290 g/mol. The summed E-state index contributed by atoms with van der Waals surface area (Å²) in [6, 6.07) is 6.10. The summed E-state index contributed by atoms with van der Waals surface area (Å²) < 4.78 is 33.3. The van der Waals surface area contributed by atoms with Gasteiger partial charge in [-0.05, 0) is 12.5 Å². The molecule has 0 aromatic heterocycles. The average Bonchev–Trinajstić information content (AvgIpc) is 2.40. The Morgan fingerprint density at radius 2 is 2.00 bits per heavy atom. The number of hydrogen-bond donors (Lipinski definition) is 1. The lowest BCUT2D eigenvalue weighted by Crippen LogP contribution is -2.22. The Kier molecular flexibility index (Phi) is 6.98. The zero-order valence-electron chi connectivity index (χ0n) is 13.2. The predicted molar refractivity (Wildman–Crippen MR) is 84.8 cm³/mol. The molecule has 0 aliphatic carbocycles. The van der Waals surface area contributed by atoms with Gasteiger partial charge in [-0.1, -0.05) is 26.0 Å². The SMILES string of the molecule is COc1cccc(CNC(C)C)c1OCCCS(C)(=O)=O. The fourth-order valence-corrected chi connectivity index (χ4v) is 2.48. The van der Waals surface area contributed by atoms with E-state index < -0.39 is 9.84 Å². The summed E-state index contributed by atoms with van der Waals surface area (Å²) in [5.41, 5.74) is 1.00. The third-order valence-electron chi connectivity index (χ3n) is 2.89. The van der Waals surface area contributed by atoms with Crippen molar-refractivity contribution in [2.75, 3.05) is 25.7 Å². The summed E-state index contributed by atoms with van der Waals surface area (Å²) in [4.78, 5) is 0. The van der Waals surface area contributed by atoms with Gasteiger partial charge in [0.15, 0.2) is 11.5 Å². The summed E-state index contributed by atoms with van der Waals surface area (Å²) in [5, 5.41) is 3.34. The van der Waals surface area contributed by atoms with E-state index in [2.05, 4.69) is 19.2 Å². The Balaban J connectivity index is 2.72. The molecule has 1 rings (SSSR count). The normalized spacial score (nSPS) is 11.7. The average molecular weight is 315 g/mol. The summed E-state index contributed by atoms with van der Waals surface area (Å²) >= 11 is 0.